The van der Waals surface area contributed by atoms with Gasteiger partial charge in [-0.05, 0) is 58.2 Å². The van der Waals surface area contributed by atoms with Crippen molar-refractivity contribution < 1.29 is 17.4 Å². The van der Waals surface area contributed by atoms with E-state index in [2.05, 4.69) is 9.44 Å². The molecule has 3 atom stereocenters. The Morgan fingerprint density at radius 3 is 2.36 bits per heavy atom. The van der Waals surface area contributed by atoms with Crippen LogP contribution in [0.5, 0.6) is 5.75 Å². The summed E-state index contributed by atoms with van der Waals surface area (Å²) in [6, 6.07) is 7.86. The number of rotatable bonds is 10. The average Bonchev–Trinajstić information content (AvgIpc) is 2.65. The molecule has 2 rings (SSSR count). The molecule has 1 aromatic carbocycles. The lowest BCUT2D eigenvalue weighted by molar-refractivity contribution is 0.323. The maximum Gasteiger partial charge on any atom is 0.214 e. The first-order chi connectivity index (χ1) is 13.2. The van der Waals surface area contributed by atoms with Gasteiger partial charge in [0.25, 0.3) is 0 Å². The lowest BCUT2D eigenvalue weighted by Gasteiger charge is -2.33. The second kappa shape index (κ2) is 10.7. The lowest BCUT2D eigenvalue weighted by Crippen LogP contribution is -2.43. The van der Waals surface area contributed by atoms with Crippen LogP contribution in [0, 0.1) is 0 Å². The summed E-state index contributed by atoms with van der Waals surface area (Å²) in [4.78, 5) is 0. The highest BCUT2D eigenvalue weighted by Gasteiger charge is 2.30. The fraction of sp³-hybridized carbons (Fsp3) is 0.700. The van der Waals surface area contributed by atoms with Gasteiger partial charge in [-0.15, -0.1) is 0 Å². The van der Waals surface area contributed by atoms with Gasteiger partial charge in [0, 0.05) is 23.8 Å². The average molecular weight is 431 g/mol. The molecule has 0 bridgehead atoms. The van der Waals surface area contributed by atoms with Gasteiger partial charge in [-0.25, -0.2) is 22.1 Å². The molecule has 0 aromatic heterocycles. The van der Waals surface area contributed by atoms with Crippen molar-refractivity contribution in [1.82, 2.24) is 9.44 Å². The molecule has 160 valence electrons. The van der Waals surface area contributed by atoms with Crippen LogP contribution in [0.1, 0.15) is 64.9 Å². The second-order valence-corrected chi connectivity index (χ2v) is 12.0. The van der Waals surface area contributed by atoms with Crippen LogP contribution in [0.2, 0.25) is 0 Å². The Balaban J connectivity index is 1.94. The molecular formula is C20H34N2O4S2. The fourth-order valence-corrected chi connectivity index (χ4v) is 4.90. The summed E-state index contributed by atoms with van der Waals surface area (Å²) >= 11 is 0. The Labute approximate surface area is 172 Å². The van der Waals surface area contributed by atoms with Crippen molar-refractivity contribution in [1.29, 1.82) is 0 Å². The normalized spacial score (nSPS) is 21.8. The van der Waals surface area contributed by atoms with E-state index < -0.39 is 26.3 Å². The van der Waals surface area contributed by atoms with Crippen LogP contribution in [0.15, 0.2) is 24.3 Å². The third-order valence-corrected chi connectivity index (χ3v) is 8.27. The van der Waals surface area contributed by atoms with Gasteiger partial charge in [-0.3, -0.25) is 0 Å². The van der Waals surface area contributed by atoms with Crippen molar-refractivity contribution in [3.8, 4) is 5.75 Å². The third-order valence-electron chi connectivity index (χ3n) is 5.05. The van der Waals surface area contributed by atoms with Gasteiger partial charge in [0.05, 0.1) is 16.2 Å². The Hall–Kier alpha value is -0.960. The molecule has 0 saturated heterocycles. The third kappa shape index (κ3) is 6.83. The van der Waals surface area contributed by atoms with E-state index in [4.69, 9.17) is 4.74 Å². The number of hydrogen-bond acceptors (Lipinski definition) is 4. The van der Waals surface area contributed by atoms with Crippen molar-refractivity contribution in [3.63, 3.8) is 0 Å². The van der Waals surface area contributed by atoms with Crippen LogP contribution in [0.25, 0.3) is 0 Å². The number of nitrogens with one attached hydrogen (secondary N) is 2. The first-order valence-electron chi connectivity index (χ1n) is 10.1. The minimum Gasteiger partial charge on any atom is -0.492 e. The van der Waals surface area contributed by atoms with Crippen LogP contribution in [0.3, 0.4) is 0 Å². The molecule has 1 saturated carbocycles. The highest BCUT2D eigenvalue weighted by Crippen LogP contribution is 2.34. The van der Waals surface area contributed by atoms with Crippen molar-refractivity contribution in [2.45, 2.75) is 75.8 Å². The maximum atomic E-state index is 12.3. The monoisotopic (exact) mass is 430 g/mol. The Morgan fingerprint density at radius 1 is 1.11 bits per heavy atom. The van der Waals surface area contributed by atoms with Gasteiger partial charge in [0.15, 0.2) is 0 Å². The standard InChI is InChI=1S/C20H34N2O4S2/c1-15(2)27(23)21-13-14-26-18-11-9-17(10-12-18)19-7-5-6-8-20(19)22-28(24,25)16(3)4/h9-12,15-16,19-22H,5-8,13-14H2,1-4H3. The SMILES string of the molecule is CC(C)S(=O)NCCOc1ccc(C2CCCCC2NS(=O)(=O)C(C)C)cc1. The molecule has 1 aromatic rings. The minimum absolute atomic E-state index is 0.0527. The van der Waals surface area contributed by atoms with Crippen LogP contribution >= 0.6 is 0 Å². The van der Waals surface area contributed by atoms with E-state index in [0.717, 1.165) is 37.0 Å². The lowest BCUT2D eigenvalue weighted by atomic mass is 9.80. The van der Waals surface area contributed by atoms with Gasteiger partial charge < -0.3 is 4.74 Å². The van der Waals surface area contributed by atoms with E-state index in [1.54, 1.807) is 13.8 Å². The summed E-state index contributed by atoms with van der Waals surface area (Å²) in [5, 5.41) is -0.347. The van der Waals surface area contributed by atoms with E-state index in [-0.39, 0.29) is 17.2 Å². The predicted molar refractivity (Wildman–Crippen MR) is 115 cm³/mol. The molecule has 0 aliphatic heterocycles. The molecule has 1 aliphatic rings. The van der Waals surface area contributed by atoms with Crippen LogP contribution in [-0.4, -0.2) is 42.3 Å². The maximum absolute atomic E-state index is 12.3. The van der Waals surface area contributed by atoms with Crippen molar-refractivity contribution in [2.75, 3.05) is 13.2 Å². The van der Waals surface area contributed by atoms with Gasteiger partial charge in [0.2, 0.25) is 10.0 Å². The van der Waals surface area contributed by atoms with Crippen LogP contribution in [-0.2, 0) is 21.0 Å². The van der Waals surface area contributed by atoms with Crippen molar-refractivity contribution in [3.05, 3.63) is 29.8 Å². The zero-order chi connectivity index (χ0) is 20.7. The summed E-state index contributed by atoms with van der Waals surface area (Å²) in [5.74, 6) is 0.947. The van der Waals surface area contributed by atoms with E-state index in [9.17, 15) is 12.6 Å². The second-order valence-electron chi connectivity index (χ2n) is 7.87. The topological polar surface area (TPSA) is 84.5 Å². The van der Waals surface area contributed by atoms with E-state index >= 15 is 0 Å². The molecule has 1 fully saturated rings. The molecule has 0 heterocycles. The summed E-state index contributed by atoms with van der Waals surface area (Å²) in [6.07, 6.45) is 4.01. The van der Waals surface area contributed by atoms with Gasteiger partial charge in [-0.2, -0.15) is 0 Å². The smallest absolute Gasteiger partial charge is 0.214 e. The minimum atomic E-state index is -3.28. The summed E-state index contributed by atoms with van der Waals surface area (Å²) in [7, 11) is -4.32. The quantitative estimate of drug-likeness (QED) is 0.559. The molecule has 8 heteroatoms. The first-order valence-corrected chi connectivity index (χ1v) is 12.8. The van der Waals surface area contributed by atoms with Gasteiger partial charge >= 0.3 is 0 Å². The Kier molecular flexibility index (Phi) is 8.92. The summed E-state index contributed by atoms with van der Waals surface area (Å²) in [5.41, 5.74) is 1.14. The first kappa shape index (κ1) is 23.3. The zero-order valence-corrected chi connectivity index (χ0v) is 18.9. The van der Waals surface area contributed by atoms with Crippen molar-refractivity contribution >= 4 is 21.0 Å². The van der Waals surface area contributed by atoms with Gasteiger partial charge in [0.1, 0.15) is 12.4 Å². The van der Waals surface area contributed by atoms with E-state index in [1.165, 1.54) is 0 Å². The van der Waals surface area contributed by atoms with Crippen LogP contribution in [0.4, 0.5) is 0 Å². The molecule has 1 aliphatic carbocycles. The molecular weight excluding hydrogens is 396 g/mol. The van der Waals surface area contributed by atoms with E-state index in [0.29, 0.717) is 13.2 Å². The fourth-order valence-electron chi connectivity index (χ4n) is 3.31. The molecule has 2 N–H and O–H groups in total. The van der Waals surface area contributed by atoms with E-state index in [1.807, 2.05) is 38.1 Å². The summed E-state index contributed by atoms with van der Waals surface area (Å²) in [6.45, 7) is 8.19. The molecule has 0 radical (unpaired) electrons. The molecule has 6 nitrogen and oxygen atoms in total. The zero-order valence-electron chi connectivity index (χ0n) is 17.3. The number of benzene rings is 1. The van der Waals surface area contributed by atoms with Crippen LogP contribution < -0.4 is 14.2 Å². The molecule has 28 heavy (non-hydrogen) atoms. The predicted octanol–water partition coefficient (Wildman–Crippen LogP) is 3.08. The Morgan fingerprint density at radius 2 is 1.75 bits per heavy atom. The summed E-state index contributed by atoms with van der Waals surface area (Å²) < 4.78 is 47.8. The molecule has 3 unspecified atom stereocenters. The number of hydrogen-bond donors (Lipinski definition) is 2. The highest BCUT2D eigenvalue weighted by molar-refractivity contribution is 7.90. The number of sulfonamides is 1. The molecule has 0 spiro atoms. The largest absolute Gasteiger partial charge is 0.492 e. The molecule has 0 amide bonds. The van der Waals surface area contributed by atoms with Gasteiger partial charge in [-0.1, -0.05) is 25.0 Å². The highest BCUT2D eigenvalue weighted by atomic mass is 32.2. The van der Waals surface area contributed by atoms with Crippen molar-refractivity contribution in [2.24, 2.45) is 0 Å². The Bertz CT molecular complexity index is 733. The number of ether oxygens (including phenoxy) is 1.